The summed E-state index contributed by atoms with van der Waals surface area (Å²) in [4.78, 5) is 0. The molecule has 0 rings (SSSR count). The number of nitrogens with zero attached hydrogens (tertiary/aromatic N) is 1. The molecule has 5 nitrogen and oxygen atoms in total. The summed E-state index contributed by atoms with van der Waals surface area (Å²) in [5.41, 5.74) is -0.372. The van der Waals surface area contributed by atoms with E-state index < -0.39 is 20.8 Å². The van der Waals surface area contributed by atoms with Gasteiger partial charge in [0.05, 0.1) is 25.0 Å². The first-order chi connectivity index (χ1) is 10.2. The Bertz CT molecular complexity index is 502. The van der Waals surface area contributed by atoms with E-state index in [1.54, 1.807) is 13.3 Å². The fourth-order valence-electron chi connectivity index (χ4n) is 2.85. The summed E-state index contributed by atoms with van der Waals surface area (Å²) in [6, 6.07) is -0.311. The minimum atomic E-state index is -3.34. The number of hydrogen-bond donors (Lipinski definition) is 0. The summed E-state index contributed by atoms with van der Waals surface area (Å²) in [6.07, 6.45) is 4.40. The third-order valence-electron chi connectivity index (χ3n) is 4.72. The highest BCUT2D eigenvalue weighted by Crippen LogP contribution is 2.38. The van der Waals surface area contributed by atoms with E-state index in [0.717, 1.165) is 6.42 Å². The second kappa shape index (κ2) is 8.41. The highest BCUT2D eigenvalue weighted by molar-refractivity contribution is 7.88. The van der Waals surface area contributed by atoms with Crippen LogP contribution < -0.4 is 0 Å². The molecule has 0 aromatic rings. The average molecular weight is 370 g/mol. The van der Waals surface area contributed by atoms with Crippen molar-refractivity contribution in [1.29, 1.82) is 0 Å². The molecule has 0 radical (unpaired) electrons. The molecular formula is C16H35NO4S2. The van der Waals surface area contributed by atoms with Crippen LogP contribution in [0.15, 0.2) is 0 Å². The summed E-state index contributed by atoms with van der Waals surface area (Å²) < 4.78 is 43.0. The molecule has 0 bridgehead atoms. The van der Waals surface area contributed by atoms with Crippen molar-refractivity contribution in [2.45, 2.75) is 71.3 Å². The van der Waals surface area contributed by atoms with Gasteiger partial charge in [0.1, 0.15) is 0 Å². The van der Waals surface area contributed by atoms with Crippen LogP contribution in [-0.2, 0) is 25.6 Å². The van der Waals surface area contributed by atoms with Crippen molar-refractivity contribution in [1.82, 2.24) is 4.31 Å². The highest BCUT2D eigenvalue weighted by Gasteiger charge is 2.42. The monoisotopic (exact) mass is 369 g/mol. The Hall–Kier alpha value is 0.0200. The first-order valence-electron chi connectivity index (χ1n) is 8.05. The zero-order chi connectivity index (χ0) is 18.6. The van der Waals surface area contributed by atoms with E-state index >= 15 is 0 Å². The molecule has 0 aromatic carbocycles. The minimum absolute atomic E-state index is 0.0270. The summed E-state index contributed by atoms with van der Waals surface area (Å²) in [6.45, 7) is 12.3. The number of hydrogen-bond acceptors (Lipinski definition) is 4. The van der Waals surface area contributed by atoms with Crippen molar-refractivity contribution >= 4 is 20.8 Å². The van der Waals surface area contributed by atoms with Gasteiger partial charge in [-0.2, -0.15) is 4.31 Å². The zero-order valence-corrected chi connectivity index (χ0v) is 17.8. The van der Waals surface area contributed by atoms with Gasteiger partial charge >= 0.3 is 0 Å². The van der Waals surface area contributed by atoms with Gasteiger partial charge in [-0.05, 0) is 39.0 Å². The number of sulfonamides is 1. The Morgan fingerprint density at radius 3 is 2.00 bits per heavy atom. The molecule has 0 spiro atoms. The molecule has 0 aliphatic carbocycles. The lowest BCUT2D eigenvalue weighted by Crippen LogP contribution is -2.51. The molecule has 0 saturated carbocycles. The van der Waals surface area contributed by atoms with E-state index in [0.29, 0.717) is 13.0 Å². The predicted molar refractivity (Wildman–Crippen MR) is 98.6 cm³/mol. The van der Waals surface area contributed by atoms with E-state index in [4.69, 9.17) is 4.74 Å². The SMILES string of the molecule is CCC(C)(CC(C)(C)C(COC(C)C)N(C)S(C)(=O)=O)[S@](C)=O. The van der Waals surface area contributed by atoms with Crippen LogP contribution in [0.1, 0.15) is 54.4 Å². The average Bonchev–Trinajstić information content (AvgIpc) is 2.35. The van der Waals surface area contributed by atoms with Crippen LogP contribution in [0, 0.1) is 5.41 Å². The molecule has 0 heterocycles. The van der Waals surface area contributed by atoms with Gasteiger partial charge in [-0.1, -0.05) is 20.8 Å². The van der Waals surface area contributed by atoms with Gasteiger partial charge in [0, 0.05) is 28.9 Å². The Labute approximate surface area is 145 Å². The topological polar surface area (TPSA) is 63.7 Å². The van der Waals surface area contributed by atoms with Crippen LogP contribution in [0.2, 0.25) is 0 Å². The molecule has 140 valence electrons. The van der Waals surface area contributed by atoms with Crippen LogP contribution in [-0.4, -0.2) is 60.0 Å². The van der Waals surface area contributed by atoms with Crippen molar-refractivity contribution in [3.63, 3.8) is 0 Å². The van der Waals surface area contributed by atoms with Gasteiger partial charge in [-0.25, -0.2) is 8.42 Å². The van der Waals surface area contributed by atoms with Crippen LogP contribution in [0.25, 0.3) is 0 Å². The van der Waals surface area contributed by atoms with Gasteiger partial charge in [-0.15, -0.1) is 0 Å². The molecule has 0 saturated heterocycles. The van der Waals surface area contributed by atoms with Crippen molar-refractivity contribution in [3.8, 4) is 0 Å². The fraction of sp³-hybridized carbons (Fsp3) is 1.00. The third-order valence-corrected chi connectivity index (χ3v) is 7.84. The number of rotatable bonds is 10. The lowest BCUT2D eigenvalue weighted by Gasteiger charge is -2.43. The minimum Gasteiger partial charge on any atom is -0.377 e. The lowest BCUT2D eigenvalue weighted by molar-refractivity contribution is 0.00724. The quantitative estimate of drug-likeness (QED) is 0.594. The molecule has 0 fully saturated rings. The van der Waals surface area contributed by atoms with Gasteiger partial charge in [0.2, 0.25) is 10.0 Å². The maximum atomic E-state index is 12.2. The largest absolute Gasteiger partial charge is 0.377 e. The highest BCUT2D eigenvalue weighted by atomic mass is 32.2. The third kappa shape index (κ3) is 6.80. The summed E-state index contributed by atoms with van der Waals surface area (Å²) in [5, 5.41) is 0. The molecule has 0 aliphatic rings. The summed E-state index contributed by atoms with van der Waals surface area (Å²) in [5.74, 6) is 0. The molecule has 23 heavy (non-hydrogen) atoms. The van der Waals surface area contributed by atoms with E-state index in [2.05, 4.69) is 0 Å². The molecule has 2 unspecified atom stereocenters. The normalized spacial score (nSPS) is 18.9. The molecule has 0 aromatic heterocycles. The molecular weight excluding hydrogens is 334 g/mol. The van der Waals surface area contributed by atoms with Crippen LogP contribution in [0.4, 0.5) is 0 Å². The molecule has 0 amide bonds. The number of likely N-dealkylation sites (N-methyl/N-ethyl adjacent to an activating group) is 1. The Kier molecular flexibility index (Phi) is 8.41. The second-order valence-electron chi connectivity index (χ2n) is 7.60. The van der Waals surface area contributed by atoms with Gasteiger partial charge in [0.15, 0.2) is 0 Å². The van der Waals surface area contributed by atoms with Crippen LogP contribution in [0.3, 0.4) is 0 Å². The fourth-order valence-corrected chi connectivity index (χ4v) is 4.64. The van der Waals surface area contributed by atoms with Gasteiger partial charge in [0.25, 0.3) is 0 Å². The Balaban J connectivity index is 5.61. The van der Waals surface area contributed by atoms with Crippen molar-refractivity contribution in [3.05, 3.63) is 0 Å². The van der Waals surface area contributed by atoms with Gasteiger partial charge in [-0.3, -0.25) is 4.21 Å². The predicted octanol–water partition coefficient (Wildman–Crippen LogP) is 2.63. The van der Waals surface area contributed by atoms with E-state index in [1.807, 2.05) is 41.5 Å². The summed E-state index contributed by atoms with van der Waals surface area (Å²) >= 11 is 0. The second-order valence-corrected chi connectivity index (χ2v) is 11.5. The Morgan fingerprint density at radius 1 is 1.22 bits per heavy atom. The number of ether oxygens (including phenoxy) is 1. The summed E-state index contributed by atoms with van der Waals surface area (Å²) in [7, 11) is -2.73. The van der Waals surface area contributed by atoms with Crippen molar-refractivity contribution in [2.24, 2.45) is 5.41 Å². The molecule has 3 atom stereocenters. The first kappa shape index (κ1) is 23.0. The maximum Gasteiger partial charge on any atom is 0.211 e. The molecule has 0 N–H and O–H groups in total. The smallest absolute Gasteiger partial charge is 0.211 e. The first-order valence-corrected chi connectivity index (χ1v) is 11.5. The molecule has 7 heteroatoms. The lowest BCUT2D eigenvalue weighted by atomic mass is 9.76. The van der Waals surface area contributed by atoms with Crippen LogP contribution >= 0.6 is 0 Å². The van der Waals surface area contributed by atoms with Crippen molar-refractivity contribution in [2.75, 3.05) is 26.2 Å². The standard InChI is InChI=1S/C16H35NO4S2/c1-10-16(6,22(8)18)12-15(4,5)14(11-21-13(2)3)17(7)23(9,19)20/h13-14H,10-12H2,1-9H3/t14?,16?,22-/m0/s1. The maximum absolute atomic E-state index is 12.2. The van der Waals surface area contributed by atoms with E-state index in [-0.39, 0.29) is 22.3 Å². The zero-order valence-electron chi connectivity index (χ0n) is 16.2. The van der Waals surface area contributed by atoms with Crippen molar-refractivity contribution < 1.29 is 17.4 Å². The Morgan fingerprint density at radius 2 is 1.70 bits per heavy atom. The van der Waals surface area contributed by atoms with E-state index in [1.165, 1.54) is 10.6 Å². The van der Waals surface area contributed by atoms with Crippen LogP contribution in [0.5, 0.6) is 0 Å². The van der Waals surface area contributed by atoms with Gasteiger partial charge < -0.3 is 4.74 Å². The van der Waals surface area contributed by atoms with E-state index in [9.17, 15) is 12.6 Å². The molecule has 0 aliphatic heterocycles.